The number of hydrogen-bond acceptors (Lipinski definition) is 3. The molecular weight excluding hydrogens is 400 g/mol. The molecule has 172 valence electrons. The molecule has 6 nitrogen and oxygen atoms in total. The van der Waals surface area contributed by atoms with E-state index in [2.05, 4.69) is 41.8 Å². The van der Waals surface area contributed by atoms with Crippen molar-refractivity contribution in [1.29, 1.82) is 0 Å². The molecule has 1 heterocycles. The molecule has 0 saturated carbocycles. The van der Waals surface area contributed by atoms with Crippen molar-refractivity contribution in [3.63, 3.8) is 0 Å². The van der Waals surface area contributed by atoms with Gasteiger partial charge in [-0.3, -0.25) is 9.79 Å². The molecule has 0 radical (unpaired) electrons. The van der Waals surface area contributed by atoms with E-state index in [0.717, 1.165) is 57.2 Å². The SMILES string of the molecule is CCNC(=NCC1CC(=O)N(CCc2ccccc2)C1)NCCCc1ccc(OC)cc1. The molecule has 1 amide bonds. The lowest BCUT2D eigenvalue weighted by atomic mass is 10.1. The zero-order chi connectivity index (χ0) is 22.6. The number of carbonyl (C=O) groups excluding carboxylic acids is 1. The van der Waals surface area contributed by atoms with Gasteiger partial charge in [-0.05, 0) is 49.4 Å². The van der Waals surface area contributed by atoms with Crippen LogP contribution in [0.3, 0.4) is 0 Å². The van der Waals surface area contributed by atoms with E-state index in [-0.39, 0.29) is 11.8 Å². The summed E-state index contributed by atoms with van der Waals surface area (Å²) in [5.74, 6) is 2.25. The number of benzene rings is 2. The molecule has 3 rings (SSSR count). The molecule has 0 bridgehead atoms. The van der Waals surface area contributed by atoms with E-state index in [1.807, 2.05) is 35.2 Å². The topological polar surface area (TPSA) is 66.0 Å². The lowest BCUT2D eigenvalue weighted by Crippen LogP contribution is -2.38. The molecule has 1 aliphatic rings. The fraction of sp³-hybridized carbons (Fsp3) is 0.462. The third-order valence-electron chi connectivity index (χ3n) is 5.75. The van der Waals surface area contributed by atoms with Crippen LogP contribution in [0.15, 0.2) is 59.6 Å². The summed E-state index contributed by atoms with van der Waals surface area (Å²) < 4.78 is 5.21. The average molecular weight is 437 g/mol. The Labute approximate surface area is 192 Å². The third kappa shape index (κ3) is 7.59. The summed E-state index contributed by atoms with van der Waals surface area (Å²) in [4.78, 5) is 19.1. The highest BCUT2D eigenvalue weighted by Crippen LogP contribution is 2.18. The molecule has 2 aromatic rings. The number of guanidine groups is 1. The molecule has 1 saturated heterocycles. The lowest BCUT2D eigenvalue weighted by molar-refractivity contribution is -0.127. The monoisotopic (exact) mass is 436 g/mol. The number of amides is 1. The Morgan fingerprint density at radius 3 is 2.53 bits per heavy atom. The highest BCUT2D eigenvalue weighted by Gasteiger charge is 2.28. The molecule has 0 spiro atoms. The zero-order valence-electron chi connectivity index (χ0n) is 19.3. The highest BCUT2D eigenvalue weighted by molar-refractivity contribution is 5.80. The van der Waals surface area contributed by atoms with Crippen molar-refractivity contribution < 1.29 is 9.53 Å². The van der Waals surface area contributed by atoms with Crippen molar-refractivity contribution in [3.8, 4) is 5.75 Å². The van der Waals surface area contributed by atoms with E-state index >= 15 is 0 Å². The van der Waals surface area contributed by atoms with Crippen LogP contribution in [0.5, 0.6) is 5.75 Å². The van der Waals surface area contributed by atoms with Gasteiger partial charge in [0.15, 0.2) is 5.96 Å². The standard InChI is InChI=1S/C26H36N4O2/c1-3-27-26(28-16-7-10-22-11-13-24(32-2)14-12-22)29-19-23-18-25(31)30(20-23)17-15-21-8-5-4-6-9-21/h4-6,8-9,11-14,23H,3,7,10,15-20H2,1-2H3,(H2,27,28,29). The fourth-order valence-electron chi connectivity index (χ4n) is 3.95. The Morgan fingerprint density at radius 2 is 1.81 bits per heavy atom. The number of methoxy groups -OCH3 is 1. The van der Waals surface area contributed by atoms with Gasteiger partial charge >= 0.3 is 0 Å². The Balaban J connectivity index is 1.40. The molecule has 1 atom stereocenters. The van der Waals surface area contributed by atoms with E-state index in [1.165, 1.54) is 11.1 Å². The van der Waals surface area contributed by atoms with Gasteiger partial charge in [-0.1, -0.05) is 42.5 Å². The van der Waals surface area contributed by atoms with E-state index in [0.29, 0.717) is 13.0 Å². The van der Waals surface area contributed by atoms with Gasteiger partial charge in [-0.15, -0.1) is 0 Å². The lowest BCUT2D eigenvalue weighted by Gasteiger charge is -2.16. The number of carbonyl (C=O) groups is 1. The third-order valence-corrected chi connectivity index (χ3v) is 5.75. The number of aryl methyl sites for hydroxylation is 1. The second-order valence-corrected chi connectivity index (χ2v) is 8.24. The molecule has 1 aliphatic heterocycles. The van der Waals surface area contributed by atoms with Crippen LogP contribution in [0.25, 0.3) is 0 Å². The molecule has 0 aromatic heterocycles. The van der Waals surface area contributed by atoms with E-state index < -0.39 is 0 Å². The van der Waals surface area contributed by atoms with E-state index in [9.17, 15) is 4.79 Å². The van der Waals surface area contributed by atoms with Gasteiger partial charge in [-0.2, -0.15) is 0 Å². The molecule has 1 unspecified atom stereocenters. The van der Waals surface area contributed by atoms with Crippen LogP contribution >= 0.6 is 0 Å². The number of rotatable bonds is 11. The number of aliphatic imine (C=N–C) groups is 1. The van der Waals surface area contributed by atoms with Crippen LogP contribution < -0.4 is 15.4 Å². The van der Waals surface area contributed by atoms with Crippen molar-refractivity contribution in [1.82, 2.24) is 15.5 Å². The number of nitrogens with one attached hydrogen (secondary N) is 2. The maximum Gasteiger partial charge on any atom is 0.223 e. The second kappa shape index (κ2) is 12.7. The molecule has 32 heavy (non-hydrogen) atoms. The first-order chi connectivity index (χ1) is 15.7. The van der Waals surface area contributed by atoms with Crippen LogP contribution in [0.4, 0.5) is 0 Å². The Hall–Kier alpha value is -3.02. The Kier molecular flexibility index (Phi) is 9.41. The summed E-state index contributed by atoms with van der Waals surface area (Å²) in [6.07, 6.45) is 3.52. The normalized spacial score (nSPS) is 16.3. The Morgan fingerprint density at radius 1 is 1.06 bits per heavy atom. The fourth-order valence-corrected chi connectivity index (χ4v) is 3.95. The first-order valence-corrected chi connectivity index (χ1v) is 11.6. The summed E-state index contributed by atoms with van der Waals surface area (Å²) in [6.45, 7) is 5.99. The molecule has 6 heteroatoms. The number of hydrogen-bond donors (Lipinski definition) is 2. The number of likely N-dealkylation sites (tertiary alicyclic amines) is 1. The molecule has 2 aromatic carbocycles. The van der Waals surface area contributed by atoms with Crippen molar-refractivity contribution in [3.05, 3.63) is 65.7 Å². The smallest absolute Gasteiger partial charge is 0.223 e. The van der Waals surface area contributed by atoms with Gasteiger partial charge in [0, 0.05) is 45.1 Å². The molecule has 2 N–H and O–H groups in total. The summed E-state index contributed by atoms with van der Waals surface area (Å²) in [7, 11) is 1.68. The minimum Gasteiger partial charge on any atom is -0.497 e. The van der Waals surface area contributed by atoms with Crippen molar-refractivity contribution in [2.45, 2.75) is 32.6 Å². The van der Waals surface area contributed by atoms with Gasteiger partial charge in [0.1, 0.15) is 5.75 Å². The molecule has 0 aliphatic carbocycles. The minimum atomic E-state index is 0.249. The van der Waals surface area contributed by atoms with Gasteiger partial charge in [0.05, 0.1) is 7.11 Å². The van der Waals surface area contributed by atoms with Crippen molar-refractivity contribution >= 4 is 11.9 Å². The van der Waals surface area contributed by atoms with Crippen molar-refractivity contribution in [2.24, 2.45) is 10.9 Å². The van der Waals surface area contributed by atoms with E-state index in [4.69, 9.17) is 9.73 Å². The summed E-state index contributed by atoms with van der Waals surface area (Å²) >= 11 is 0. The zero-order valence-corrected chi connectivity index (χ0v) is 19.3. The summed E-state index contributed by atoms with van der Waals surface area (Å²) in [5, 5.41) is 6.74. The van der Waals surface area contributed by atoms with Crippen LogP contribution in [-0.2, 0) is 17.6 Å². The predicted octanol–water partition coefficient (Wildman–Crippen LogP) is 3.27. The van der Waals surface area contributed by atoms with Crippen molar-refractivity contribution in [2.75, 3.05) is 39.8 Å². The van der Waals surface area contributed by atoms with Crippen LogP contribution in [0.1, 0.15) is 30.9 Å². The Bertz CT molecular complexity index is 852. The number of ether oxygens (including phenoxy) is 1. The summed E-state index contributed by atoms with van der Waals surface area (Å²) in [5.41, 5.74) is 2.57. The van der Waals surface area contributed by atoms with E-state index in [1.54, 1.807) is 7.11 Å². The second-order valence-electron chi connectivity index (χ2n) is 8.24. The first-order valence-electron chi connectivity index (χ1n) is 11.6. The maximum absolute atomic E-state index is 12.4. The van der Waals surface area contributed by atoms with Crippen LogP contribution in [0, 0.1) is 5.92 Å². The largest absolute Gasteiger partial charge is 0.497 e. The summed E-state index contributed by atoms with van der Waals surface area (Å²) in [6, 6.07) is 18.6. The van der Waals surface area contributed by atoms with Crippen LogP contribution in [0.2, 0.25) is 0 Å². The molecule has 1 fully saturated rings. The number of nitrogens with zero attached hydrogens (tertiary/aromatic N) is 2. The average Bonchev–Trinajstić information content (AvgIpc) is 3.19. The highest BCUT2D eigenvalue weighted by atomic mass is 16.5. The minimum absolute atomic E-state index is 0.249. The van der Waals surface area contributed by atoms with Crippen LogP contribution in [-0.4, -0.2) is 56.6 Å². The first kappa shape index (κ1) is 23.6. The van der Waals surface area contributed by atoms with Gasteiger partial charge in [0.2, 0.25) is 5.91 Å². The quantitative estimate of drug-likeness (QED) is 0.322. The molecular formula is C26H36N4O2. The maximum atomic E-state index is 12.4. The van der Waals surface area contributed by atoms with Gasteiger partial charge in [0.25, 0.3) is 0 Å². The van der Waals surface area contributed by atoms with Gasteiger partial charge in [-0.25, -0.2) is 0 Å². The predicted molar refractivity (Wildman–Crippen MR) is 130 cm³/mol. The van der Waals surface area contributed by atoms with Gasteiger partial charge < -0.3 is 20.3 Å².